The molecule has 0 bridgehead atoms. The van der Waals surface area contributed by atoms with E-state index in [4.69, 9.17) is 26.3 Å². The molecule has 0 aliphatic carbocycles. The summed E-state index contributed by atoms with van der Waals surface area (Å²) in [5.41, 5.74) is 0.707. The molecule has 1 fully saturated rings. The predicted octanol–water partition coefficient (Wildman–Crippen LogP) is 5.23. The number of likely N-dealkylation sites (tertiary alicyclic amines) is 1. The van der Waals surface area contributed by atoms with Crippen molar-refractivity contribution in [2.45, 2.75) is 31.2 Å². The molecule has 1 aliphatic heterocycles. The van der Waals surface area contributed by atoms with E-state index in [-0.39, 0.29) is 18.3 Å². The van der Waals surface area contributed by atoms with E-state index >= 15 is 0 Å². The highest BCUT2D eigenvalue weighted by molar-refractivity contribution is 6.30. The number of rotatable bonds is 6. The molecule has 0 radical (unpaired) electrons. The topological polar surface area (TPSA) is 74.6 Å². The van der Waals surface area contributed by atoms with Crippen LogP contribution in [0.15, 0.2) is 48.5 Å². The zero-order valence-corrected chi connectivity index (χ0v) is 17.7. The van der Waals surface area contributed by atoms with Gasteiger partial charge in [0, 0.05) is 23.8 Å². The van der Waals surface area contributed by atoms with Crippen molar-refractivity contribution < 1.29 is 27.4 Å². The number of ether oxygens (including phenoxy) is 2. The summed E-state index contributed by atoms with van der Waals surface area (Å²) in [6.07, 6.45) is -7.27. The van der Waals surface area contributed by atoms with E-state index in [1.807, 2.05) is 6.07 Å². The Kier molecular flexibility index (Phi) is 7.83. The molecule has 3 rings (SSSR count). The lowest BCUT2D eigenvalue weighted by molar-refractivity contribution is -0.207. The number of nitrogens with one attached hydrogen (secondary N) is 1. The van der Waals surface area contributed by atoms with Crippen molar-refractivity contribution in [3.05, 3.63) is 59.1 Å². The molecule has 2 atom stereocenters. The Labute approximate surface area is 188 Å². The van der Waals surface area contributed by atoms with Crippen molar-refractivity contribution in [3.63, 3.8) is 0 Å². The van der Waals surface area contributed by atoms with Crippen LogP contribution in [-0.4, -0.2) is 49.0 Å². The van der Waals surface area contributed by atoms with Crippen molar-refractivity contribution in [3.8, 4) is 11.8 Å². The molecule has 10 heteroatoms. The van der Waals surface area contributed by atoms with Crippen LogP contribution in [0.2, 0.25) is 5.02 Å². The first-order valence-corrected chi connectivity index (χ1v) is 10.3. The third kappa shape index (κ3) is 7.04. The van der Waals surface area contributed by atoms with Crippen LogP contribution in [0, 0.1) is 11.3 Å². The van der Waals surface area contributed by atoms with Gasteiger partial charge in [0.1, 0.15) is 11.9 Å². The zero-order valence-electron chi connectivity index (χ0n) is 16.9. The van der Waals surface area contributed by atoms with Crippen molar-refractivity contribution in [1.82, 2.24) is 4.90 Å². The minimum absolute atomic E-state index is 0.242. The van der Waals surface area contributed by atoms with Gasteiger partial charge >= 0.3 is 12.3 Å². The van der Waals surface area contributed by atoms with Crippen molar-refractivity contribution in [2.75, 3.05) is 25.0 Å². The normalized spacial score (nSPS) is 17.8. The van der Waals surface area contributed by atoms with Gasteiger partial charge in [-0.25, -0.2) is 4.79 Å². The number of nitrogens with zero attached hydrogens (tertiary/aromatic N) is 2. The Hall–Kier alpha value is -2.96. The third-order valence-corrected chi connectivity index (χ3v) is 5.11. The summed E-state index contributed by atoms with van der Waals surface area (Å²) >= 11 is 5.76. The Morgan fingerprint density at radius 2 is 2.03 bits per heavy atom. The highest BCUT2D eigenvalue weighted by Crippen LogP contribution is 2.26. The molecule has 1 amide bonds. The molecular formula is C22H21ClF3N3O3. The molecule has 0 spiro atoms. The van der Waals surface area contributed by atoms with E-state index in [1.54, 1.807) is 29.2 Å². The number of piperidine rings is 1. The molecule has 0 saturated carbocycles. The van der Waals surface area contributed by atoms with Crippen molar-refractivity contribution >= 4 is 23.4 Å². The Morgan fingerprint density at radius 1 is 1.28 bits per heavy atom. The van der Waals surface area contributed by atoms with E-state index < -0.39 is 24.9 Å². The number of hydrogen-bond acceptors (Lipinski definition) is 5. The van der Waals surface area contributed by atoms with Crippen LogP contribution in [0.3, 0.4) is 0 Å². The highest BCUT2D eigenvalue weighted by atomic mass is 35.5. The zero-order chi connectivity index (χ0) is 23.1. The largest absolute Gasteiger partial charge is 0.489 e. The van der Waals surface area contributed by atoms with E-state index in [2.05, 4.69) is 5.32 Å². The molecule has 32 heavy (non-hydrogen) atoms. The van der Waals surface area contributed by atoms with Gasteiger partial charge in [-0.2, -0.15) is 18.4 Å². The van der Waals surface area contributed by atoms with Crippen molar-refractivity contribution in [1.29, 1.82) is 5.26 Å². The van der Waals surface area contributed by atoms with E-state index in [1.165, 1.54) is 24.3 Å². The number of carbonyl (C=O) groups excluding carboxylic acids is 1. The van der Waals surface area contributed by atoms with Gasteiger partial charge in [0.15, 0.2) is 0 Å². The molecule has 1 saturated heterocycles. The lowest BCUT2D eigenvalue weighted by atomic mass is 10.1. The number of halogens is 4. The first kappa shape index (κ1) is 23.7. The quantitative estimate of drug-likeness (QED) is 0.629. The maximum Gasteiger partial charge on any atom is 0.426 e. The van der Waals surface area contributed by atoms with Crippen LogP contribution in [0.1, 0.15) is 18.4 Å². The molecule has 1 heterocycles. The summed E-state index contributed by atoms with van der Waals surface area (Å²) in [5, 5.41) is 11.7. The molecule has 2 unspecified atom stereocenters. The van der Waals surface area contributed by atoms with Crippen LogP contribution in [0.5, 0.6) is 5.75 Å². The van der Waals surface area contributed by atoms with Gasteiger partial charge in [0.25, 0.3) is 0 Å². The number of carbonyl (C=O) groups is 1. The summed E-state index contributed by atoms with van der Waals surface area (Å²) in [6.45, 7) is 0.161. The SMILES string of the molecule is N#Cc1cccc(OC2CCCN(CC(OC(=O)Nc3ccc(Cl)cc3)C(F)(F)F)C2)c1. The van der Waals surface area contributed by atoms with Gasteiger partial charge in [-0.05, 0) is 61.9 Å². The predicted molar refractivity (Wildman–Crippen MR) is 113 cm³/mol. The van der Waals surface area contributed by atoms with Gasteiger partial charge < -0.3 is 9.47 Å². The van der Waals surface area contributed by atoms with Gasteiger partial charge in [-0.1, -0.05) is 17.7 Å². The van der Waals surface area contributed by atoms with Crippen LogP contribution < -0.4 is 10.1 Å². The number of anilines is 1. The monoisotopic (exact) mass is 467 g/mol. The molecule has 2 aromatic rings. The van der Waals surface area contributed by atoms with E-state index in [0.717, 1.165) is 0 Å². The maximum atomic E-state index is 13.5. The van der Waals surface area contributed by atoms with Crippen LogP contribution in [0.4, 0.5) is 23.7 Å². The summed E-state index contributed by atoms with van der Waals surface area (Å²) in [7, 11) is 0. The third-order valence-electron chi connectivity index (χ3n) is 4.86. The second kappa shape index (κ2) is 10.6. The second-order valence-electron chi connectivity index (χ2n) is 7.35. The van der Waals surface area contributed by atoms with Gasteiger partial charge in [-0.15, -0.1) is 0 Å². The Balaban J connectivity index is 1.58. The minimum atomic E-state index is -4.73. The lowest BCUT2D eigenvalue weighted by Crippen LogP contribution is -2.49. The van der Waals surface area contributed by atoms with Crippen molar-refractivity contribution in [2.24, 2.45) is 0 Å². The molecule has 6 nitrogen and oxygen atoms in total. The fraction of sp³-hybridized carbons (Fsp3) is 0.364. The standard InChI is InChI=1S/C22H21ClF3N3O3/c23-16-6-8-17(9-7-16)28-21(30)32-20(22(24,25)26)14-29-10-2-5-19(13-29)31-18-4-1-3-15(11-18)12-27/h1,3-4,6-9,11,19-20H,2,5,10,13-14H2,(H,28,30). The second-order valence-corrected chi connectivity index (χ2v) is 7.79. The summed E-state index contributed by atoms with van der Waals surface area (Å²) in [5.74, 6) is 0.488. The molecule has 1 aliphatic rings. The number of alkyl halides is 3. The fourth-order valence-electron chi connectivity index (χ4n) is 3.36. The number of hydrogen-bond donors (Lipinski definition) is 1. The number of amides is 1. The summed E-state index contributed by atoms with van der Waals surface area (Å²) < 4.78 is 51.2. The van der Waals surface area contributed by atoms with Crippen LogP contribution in [-0.2, 0) is 4.74 Å². The maximum absolute atomic E-state index is 13.5. The van der Waals surface area contributed by atoms with Crippen LogP contribution in [0.25, 0.3) is 0 Å². The molecule has 0 aromatic heterocycles. The number of nitriles is 1. The van der Waals surface area contributed by atoms with Gasteiger partial charge in [0.05, 0.1) is 11.6 Å². The van der Waals surface area contributed by atoms with E-state index in [9.17, 15) is 18.0 Å². The average molecular weight is 468 g/mol. The smallest absolute Gasteiger partial charge is 0.426 e. The molecule has 2 aromatic carbocycles. The van der Waals surface area contributed by atoms with Crippen LogP contribution >= 0.6 is 11.6 Å². The Bertz CT molecular complexity index is 963. The minimum Gasteiger partial charge on any atom is -0.489 e. The summed E-state index contributed by atoms with van der Waals surface area (Å²) in [6, 6.07) is 14.5. The van der Waals surface area contributed by atoms with E-state index in [0.29, 0.717) is 35.7 Å². The summed E-state index contributed by atoms with van der Waals surface area (Å²) in [4.78, 5) is 13.6. The Morgan fingerprint density at radius 3 is 2.72 bits per heavy atom. The molecule has 170 valence electrons. The van der Waals surface area contributed by atoms with Gasteiger partial charge in [-0.3, -0.25) is 10.2 Å². The first-order chi connectivity index (χ1) is 15.2. The molecule has 1 N–H and O–H groups in total. The first-order valence-electron chi connectivity index (χ1n) is 9.92. The fourth-order valence-corrected chi connectivity index (χ4v) is 3.48. The van der Waals surface area contributed by atoms with Gasteiger partial charge in [0.2, 0.25) is 6.10 Å². The molecular weight excluding hydrogens is 447 g/mol. The highest BCUT2D eigenvalue weighted by Gasteiger charge is 2.44. The number of benzene rings is 2. The lowest BCUT2D eigenvalue weighted by Gasteiger charge is -2.35. The average Bonchev–Trinajstić information content (AvgIpc) is 2.75.